The molecule has 5 atom stereocenters. The van der Waals surface area contributed by atoms with E-state index in [9.17, 15) is 0 Å². The molecule has 176 valence electrons. The molecule has 1 unspecified atom stereocenters. The summed E-state index contributed by atoms with van der Waals surface area (Å²) in [6, 6.07) is 12.4. The number of nitrogen functional groups attached to an aromatic ring is 2. The second-order valence-electron chi connectivity index (χ2n) is 10.1. The molecule has 4 heterocycles. The molecule has 4 aromatic rings. The number of hydrogen-bond donors (Lipinski definition) is 2. The van der Waals surface area contributed by atoms with Gasteiger partial charge in [0.1, 0.15) is 29.7 Å². The SMILES string of the molecule is C[C@H]1C(CCc2ccc3ccc(N)nc3c2)[C@H]2OC(C)(C)O[C@H]2[C@@H]1n1ccc2c(N)ncnc21. The second-order valence-corrected chi connectivity index (χ2v) is 10.1. The van der Waals surface area contributed by atoms with E-state index in [1.54, 1.807) is 0 Å². The van der Waals surface area contributed by atoms with Crippen LogP contribution in [0.25, 0.3) is 21.9 Å². The molecule has 1 saturated heterocycles. The van der Waals surface area contributed by atoms with Crippen molar-refractivity contribution in [2.45, 2.75) is 57.6 Å². The first-order valence-corrected chi connectivity index (χ1v) is 11.9. The molecule has 3 aromatic heterocycles. The Hall–Kier alpha value is -3.23. The molecule has 34 heavy (non-hydrogen) atoms. The lowest BCUT2D eigenvalue weighted by Gasteiger charge is -2.29. The number of fused-ring (bicyclic) bond motifs is 3. The van der Waals surface area contributed by atoms with Gasteiger partial charge in [0.15, 0.2) is 5.79 Å². The summed E-state index contributed by atoms with van der Waals surface area (Å²) in [5, 5.41) is 1.97. The van der Waals surface area contributed by atoms with Crippen LogP contribution >= 0.6 is 0 Å². The van der Waals surface area contributed by atoms with Gasteiger partial charge < -0.3 is 25.5 Å². The number of nitrogens with zero attached hydrogens (tertiary/aromatic N) is 4. The summed E-state index contributed by atoms with van der Waals surface area (Å²) in [4.78, 5) is 13.2. The Morgan fingerprint density at radius 2 is 1.82 bits per heavy atom. The summed E-state index contributed by atoms with van der Waals surface area (Å²) in [5.74, 6) is 1.08. The van der Waals surface area contributed by atoms with Crippen molar-refractivity contribution in [3.63, 3.8) is 0 Å². The van der Waals surface area contributed by atoms with Gasteiger partial charge in [-0.2, -0.15) is 0 Å². The Morgan fingerprint density at radius 1 is 1.03 bits per heavy atom. The van der Waals surface area contributed by atoms with E-state index in [4.69, 9.17) is 20.9 Å². The third-order valence-electron chi connectivity index (χ3n) is 7.54. The Balaban J connectivity index is 1.31. The van der Waals surface area contributed by atoms with Crippen LogP contribution in [-0.4, -0.2) is 37.5 Å². The quantitative estimate of drug-likeness (QED) is 0.473. The maximum Gasteiger partial charge on any atom is 0.163 e. The molecule has 1 aliphatic heterocycles. The molecule has 0 radical (unpaired) electrons. The smallest absolute Gasteiger partial charge is 0.163 e. The number of hydrogen-bond acceptors (Lipinski definition) is 7. The Kier molecular flexibility index (Phi) is 4.79. The standard InChI is InChI=1S/C26H30N6O2/c1-14-17(8-5-15-4-6-16-7-9-20(27)31-19(16)12-15)22-23(34-26(2,3)33-22)21(14)32-11-10-18-24(28)29-13-30-25(18)32/h4,6-7,9-14,17,21-23H,5,8H2,1-3H3,(H2,27,31)(H2,28,29,30)/t14-,17?,21+,22+,23-/m0/s1. The van der Waals surface area contributed by atoms with Crippen molar-refractivity contribution in [1.82, 2.24) is 19.5 Å². The van der Waals surface area contributed by atoms with Crippen molar-refractivity contribution in [3.05, 3.63) is 54.5 Å². The largest absolute Gasteiger partial charge is 0.384 e. The van der Waals surface area contributed by atoms with Crippen LogP contribution in [0, 0.1) is 11.8 Å². The molecule has 6 rings (SSSR count). The molecule has 1 saturated carbocycles. The predicted octanol–water partition coefficient (Wildman–Crippen LogP) is 4.10. The fourth-order valence-corrected chi connectivity index (χ4v) is 6.00. The Morgan fingerprint density at radius 3 is 2.68 bits per heavy atom. The summed E-state index contributed by atoms with van der Waals surface area (Å²) < 4.78 is 15.2. The number of aryl methyl sites for hydroxylation is 1. The number of benzene rings is 1. The minimum Gasteiger partial charge on any atom is -0.384 e. The zero-order valence-corrected chi connectivity index (χ0v) is 19.7. The van der Waals surface area contributed by atoms with Crippen molar-refractivity contribution in [1.29, 1.82) is 0 Å². The Labute approximate surface area is 198 Å². The molecule has 1 aromatic carbocycles. The first kappa shape index (κ1) is 21.3. The summed E-state index contributed by atoms with van der Waals surface area (Å²) in [6.07, 6.45) is 5.47. The maximum absolute atomic E-state index is 6.47. The highest BCUT2D eigenvalue weighted by Gasteiger charge is 2.57. The van der Waals surface area contributed by atoms with Crippen LogP contribution in [0.2, 0.25) is 0 Å². The summed E-state index contributed by atoms with van der Waals surface area (Å²) in [5.41, 5.74) is 15.0. The summed E-state index contributed by atoms with van der Waals surface area (Å²) in [6.45, 7) is 6.29. The van der Waals surface area contributed by atoms with E-state index in [-0.39, 0.29) is 18.2 Å². The molecule has 8 nitrogen and oxygen atoms in total. The van der Waals surface area contributed by atoms with Gasteiger partial charge >= 0.3 is 0 Å². The van der Waals surface area contributed by atoms with Crippen LogP contribution in [0.3, 0.4) is 0 Å². The van der Waals surface area contributed by atoms with Gasteiger partial charge in [-0.25, -0.2) is 15.0 Å². The molecule has 0 spiro atoms. The van der Waals surface area contributed by atoms with Crippen LogP contribution in [0.15, 0.2) is 48.9 Å². The Bertz CT molecular complexity index is 1380. The van der Waals surface area contributed by atoms with Crippen LogP contribution in [-0.2, 0) is 15.9 Å². The van der Waals surface area contributed by atoms with Gasteiger partial charge in [-0.3, -0.25) is 0 Å². The van der Waals surface area contributed by atoms with Gasteiger partial charge in [-0.1, -0.05) is 19.1 Å². The van der Waals surface area contributed by atoms with Gasteiger partial charge in [0.05, 0.1) is 23.0 Å². The van der Waals surface area contributed by atoms with Gasteiger partial charge in [-0.15, -0.1) is 0 Å². The first-order valence-electron chi connectivity index (χ1n) is 11.9. The van der Waals surface area contributed by atoms with E-state index in [1.807, 2.05) is 32.0 Å². The third-order valence-corrected chi connectivity index (χ3v) is 7.54. The minimum absolute atomic E-state index is 0.0147. The molecular weight excluding hydrogens is 428 g/mol. The van der Waals surface area contributed by atoms with Crippen molar-refractivity contribution in [2.24, 2.45) is 11.8 Å². The average molecular weight is 459 g/mol. The van der Waals surface area contributed by atoms with Crippen molar-refractivity contribution < 1.29 is 9.47 Å². The molecule has 2 aliphatic rings. The number of pyridine rings is 1. The highest BCUT2D eigenvalue weighted by Crippen LogP contribution is 2.52. The number of nitrogens with two attached hydrogens (primary N) is 2. The van der Waals surface area contributed by atoms with E-state index in [2.05, 4.69) is 50.8 Å². The number of anilines is 2. The van der Waals surface area contributed by atoms with E-state index in [1.165, 1.54) is 11.9 Å². The molecule has 1 aliphatic carbocycles. The van der Waals surface area contributed by atoms with E-state index < -0.39 is 5.79 Å². The molecule has 0 amide bonds. The van der Waals surface area contributed by atoms with E-state index in [0.717, 1.165) is 34.8 Å². The van der Waals surface area contributed by atoms with Gasteiger partial charge in [0, 0.05) is 11.6 Å². The van der Waals surface area contributed by atoms with Gasteiger partial charge in [0.25, 0.3) is 0 Å². The van der Waals surface area contributed by atoms with Crippen molar-refractivity contribution in [3.8, 4) is 0 Å². The molecule has 0 bridgehead atoms. The second kappa shape index (κ2) is 7.65. The molecule has 4 N–H and O–H groups in total. The normalized spacial score (nSPS) is 28.0. The predicted molar refractivity (Wildman–Crippen MR) is 132 cm³/mol. The van der Waals surface area contributed by atoms with Crippen LogP contribution < -0.4 is 11.5 Å². The zero-order chi connectivity index (χ0) is 23.6. The first-order chi connectivity index (χ1) is 16.3. The monoisotopic (exact) mass is 458 g/mol. The highest BCUT2D eigenvalue weighted by molar-refractivity contribution is 5.86. The van der Waals surface area contributed by atoms with Crippen LogP contribution in [0.5, 0.6) is 0 Å². The van der Waals surface area contributed by atoms with Crippen molar-refractivity contribution in [2.75, 3.05) is 11.5 Å². The number of aromatic nitrogens is 4. The summed E-state index contributed by atoms with van der Waals surface area (Å²) >= 11 is 0. The lowest BCUT2D eigenvalue weighted by molar-refractivity contribution is -0.165. The fraction of sp³-hybridized carbons (Fsp3) is 0.423. The van der Waals surface area contributed by atoms with E-state index in [0.29, 0.717) is 23.5 Å². The van der Waals surface area contributed by atoms with Crippen LogP contribution in [0.1, 0.15) is 38.8 Å². The third kappa shape index (κ3) is 3.40. The van der Waals surface area contributed by atoms with Crippen molar-refractivity contribution >= 4 is 33.6 Å². The van der Waals surface area contributed by atoms with Gasteiger partial charge in [-0.05, 0) is 68.4 Å². The maximum atomic E-state index is 6.47. The number of rotatable bonds is 4. The van der Waals surface area contributed by atoms with Gasteiger partial charge in [0.2, 0.25) is 0 Å². The lowest BCUT2D eigenvalue weighted by Crippen LogP contribution is -2.30. The molecule has 8 heteroatoms. The molecule has 2 fully saturated rings. The molecular formula is C26H30N6O2. The topological polar surface area (TPSA) is 114 Å². The highest BCUT2D eigenvalue weighted by atomic mass is 16.8. The zero-order valence-electron chi connectivity index (χ0n) is 19.7. The minimum atomic E-state index is -0.618. The average Bonchev–Trinajstić information content (AvgIpc) is 3.42. The summed E-state index contributed by atoms with van der Waals surface area (Å²) in [7, 11) is 0. The number of ether oxygens (including phenoxy) is 2. The lowest BCUT2D eigenvalue weighted by atomic mass is 9.88. The van der Waals surface area contributed by atoms with E-state index >= 15 is 0 Å². The fourth-order valence-electron chi connectivity index (χ4n) is 6.00. The van der Waals surface area contributed by atoms with Crippen LogP contribution in [0.4, 0.5) is 11.6 Å².